The molecule has 1 N–H and O–H groups in total. The Morgan fingerprint density at radius 3 is 2.41 bits per heavy atom. The van der Waals surface area contributed by atoms with Crippen molar-refractivity contribution >= 4 is 11.6 Å². The summed E-state index contributed by atoms with van der Waals surface area (Å²) in [6, 6.07) is 6.02. The molecule has 0 fully saturated rings. The molecule has 5 nitrogen and oxygen atoms in total. The summed E-state index contributed by atoms with van der Waals surface area (Å²) in [6.07, 6.45) is 0.255. The topological polar surface area (TPSA) is 72.2 Å². The highest BCUT2D eigenvalue weighted by Gasteiger charge is 2.07. The molecular weight excluding hydrogens is 220 g/mol. The van der Waals surface area contributed by atoms with E-state index in [0.29, 0.717) is 12.5 Å². The average Bonchev–Trinajstić information content (AvgIpc) is 2.27. The predicted octanol–water partition coefficient (Wildman–Crippen LogP) is 1.91. The minimum Gasteiger partial charge on any atom is -0.356 e. The molecule has 1 amide bonds. The summed E-state index contributed by atoms with van der Waals surface area (Å²) in [6.45, 7) is 4.68. The lowest BCUT2D eigenvalue weighted by Gasteiger charge is -2.07. The van der Waals surface area contributed by atoms with Gasteiger partial charge in [0, 0.05) is 18.7 Å². The van der Waals surface area contributed by atoms with E-state index in [1.54, 1.807) is 12.1 Å². The molecule has 0 aliphatic heterocycles. The first kappa shape index (κ1) is 13.2. The summed E-state index contributed by atoms with van der Waals surface area (Å²) in [4.78, 5) is 21.5. The normalized spacial score (nSPS) is 10.3. The molecule has 0 aliphatic carbocycles. The fraction of sp³-hybridized carbons (Fsp3) is 0.417. The van der Waals surface area contributed by atoms with Crippen LogP contribution in [-0.4, -0.2) is 17.4 Å². The Balaban J connectivity index is 2.51. The number of non-ortho nitro benzene ring substituents is 1. The smallest absolute Gasteiger partial charge is 0.269 e. The van der Waals surface area contributed by atoms with E-state index in [1.807, 2.05) is 13.8 Å². The minimum atomic E-state index is -0.456. The predicted molar refractivity (Wildman–Crippen MR) is 64.6 cm³/mol. The summed E-state index contributed by atoms with van der Waals surface area (Å²) in [5.41, 5.74) is 0.813. The Bertz CT molecular complexity index is 399. The molecule has 0 spiro atoms. The van der Waals surface area contributed by atoms with E-state index >= 15 is 0 Å². The summed E-state index contributed by atoms with van der Waals surface area (Å²) < 4.78 is 0. The Labute approximate surface area is 100.0 Å². The molecule has 0 unspecified atom stereocenters. The van der Waals surface area contributed by atoms with Crippen molar-refractivity contribution in [3.05, 3.63) is 39.9 Å². The van der Waals surface area contributed by atoms with Crippen molar-refractivity contribution in [1.29, 1.82) is 0 Å². The molecule has 0 atom stereocenters. The molecule has 1 aromatic carbocycles. The van der Waals surface area contributed by atoms with Gasteiger partial charge in [-0.15, -0.1) is 0 Å². The molecular formula is C12H16N2O3. The van der Waals surface area contributed by atoms with Crippen molar-refractivity contribution in [3.63, 3.8) is 0 Å². The number of hydrogen-bond acceptors (Lipinski definition) is 3. The molecule has 0 bridgehead atoms. The number of nitrogens with one attached hydrogen (secondary N) is 1. The van der Waals surface area contributed by atoms with Gasteiger partial charge in [0.1, 0.15) is 0 Å². The van der Waals surface area contributed by atoms with Gasteiger partial charge in [0.05, 0.1) is 11.3 Å². The first-order valence-corrected chi connectivity index (χ1v) is 5.49. The fourth-order valence-electron chi connectivity index (χ4n) is 1.30. The van der Waals surface area contributed by atoms with Crippen LogP contribution >= 0.6 is 0 Å². The number of rotatable bonds is 5. The van der Waals surface area contributed by atoms with Crippen LogP contribution in [0.1, 0.15) is 19.4 Å². The van der Waals surface area contributed by atoms with E-state index in [9.17, 15) is 14.9 Å². The molecule has 1 aromatic rings. The first-order valence-electron chi connectivity index (χ1n) is 5.49. The molecule has 0 saturated carbocycles. The minimum absolute atomic E-state index is 0.0383. The highest BCUT2D eigenvalue weighted by molar-refractivity contribution is 5.78. The van der Waals surface area contributed by atoms with Gasteiger partial charge in [-0.05, 0) is 11.5 Å². The van der Waals surface area contributed by atoms with Crippen molar-refractivity contribution in [2.24, 2.45) is 5.92 Å². The number of nitrogens with zero attached hydrogens (tertiary/aromatic N) is 1. The van der Waals surface area contributed by atoms with Crippen molar-refractivity contribution in [2.75, 3.05) is 6.54 Å². The molecule has 17 heavy (non-hydrogen) atoms. The van der Waals surface area contributed by atoms with Gasteiger partial charge < -0.3 is 5.32 Å². The largest absolute Gasteiger partial charge is 0.356 e. The van der Waals surface area contributed by atoms with Crippen LogP contribution in [0.25, 0.3) is 0 Å². The molecule has 0 aromatic heterocycles. The number of carbonyl (C=O) groups is 1. The average molecular weight is 236 g/mol. The third kappa shape index (κ3) is 4.63. The third-order valence-corrected chi connectivity index (χ3v) is 2.22. The molecule has 92 valence electrons. The van der Waals surface area contributed by atoms with Gasteiger partial charge in [-0.1, -0.05) is 26.0 Å². The highest BCUT2D eigenvalue weighted by atomic mass is 16.6. The molecule has 5 heteroatoms. The third-order valence-electron chi connectivity index (χ3n) is 2.22. The van der Waals surface area contributed by atoms with E-state index in [1.165, 1.54) is 12.1 Å². The Hall–Kier alpha value is -1.91. The van der Waals surface area contributed by atoms with E-state index in [4.69, 9.17) is 0 Å². The lowest BCUT2D eigenvalue weighted by atomic mass is 10.1. The van der Waals surface area contributed by atoms with Gasteiger partial charge in [0.25, 0.3) is 5.69 Å². The highest BCUT2D eigenvalue weighted by Crippen LogP contribution is 2.12. The second-order valence-electron chi connectivity index (χ2n) is 4.30. The van der Waals surface area contributed by atoms with Crippen LogP contribution in [-0.2, 0) is 11.2 Å². The van der Waals surface area contributed by atoms with Crippen molar-refractivity contribution < 1.29 is 9.72 Å². The number of nitro groups is 1. The van der Waals surface area contributed by atoms with Gasteiger partial charge in [0.15, 0.2) is 0 Å². The Morgan fingerprint density at radius 2 is 1.94 bits per heavy atom. The maximum atomic E-state index is 11.5. The number of carbonyl (C=O) groups excluding carboxylic acids is 1. The second-order valence-corrected chi connectivity index (χ2v) is 4.30. The zero-order chi connectivity index (χ0) is 12.8. The van der Waals surface area contributed by atoms with Gasteiger partial charge in [-0.3, -0.25) is 14.9 Å². The number of nitro benzene ring substituents is 1. The monoisotopic (exact) mass is 236 g/mol. The zero-order valence-corrected chi connectivity index (χ0v) is 9.97. The summed E-state index contributed by atoms with van der Waals surface area (Å²) in [5, 5.41) is 13.2. The molecule has 0 heterocycles. The van der Waals surface area contributed by atoms with Gasteiger partial charge in [-0.2, -0.15) is 0 Å². The van der Waals surface area contributed by atoms with Crippen LogP contribution in [0, 0.1) is 16.0 Å². The SMILES string of the molecule is CC(C)CNC(=O)Cc1ccc([N+](=O)[O-])cc1. The number of benzene rings is 1. The maximum absolute atomic E-state index is 11.5. The summed E-state index contributed by atoms with van der Waals surface area (Å²) in [5.74, 6) is 0.350. The van der Waals surface area contributed by atoms with Crippen LogP contribution < -0.4 is 5.32 Å². The van der Waals surface area contributed by atoms with E-state index < -0.39 is 4.92 Å². The van der Waals surface area contributed by atoms with E-state index in [0.717, 1.165) is 5.56 Å². The van der Waals surface area contributed by atoms with Crippen LogP contribution in [0.15, 0.2) is 24.3 Å². The number of amides is 1. The van der Waals surface area contributed by atoms with Crippen LogP contribution in [0.2, 0.25) is 0 Å². The van der Waals surface area contributed by atoms with Crippen LogP contribution in [0.4, 0.5) is 5.69 Å². The Morgan fingerprint density at radius 1 is 1.35 bits per heavy atom. The second kappa shape index (κ2) is 5.98. The molecule has 0 radical (unpaired) electrons. The van der Waals surface area contributed by atoms with Crippen LogP contribution in [0.5, 0.6) is 0 Å². The number of hydrogen-bond donors (Lipinski definition) is 1. The summed E-state index contributed by atoms with van der Waals surface area (Å²) >= 11 is 0. The van der Waals surface area contributed by atoms with Gasteiger partial charge >= 0.3 is 0 Å². The standard InChI is InChI=1S/C12H16N2O3/c1-9(2)8-13-12(15)7-10-3-5-11(6-4-10)14(16)17/h3-6,9H,7-8H2,1-2H3,(H,13,15). The molecule has 0 saturated heterocycles. The van der Waals surface area contributed by atoms with Crippen molar-refractivity contribution in [1.82, 2.24) is 5.32 Å². The zero-order valence-electron chi connectivity index (χ0n) is 9.97. The molecule has 1 rings (SSSR count). The molecule has 0 aliphatic rings. The quantitative estimate of drug-likeness (QED) is 0.627. The lowest BCUT2D eigenvalue weighted by molar-refractivity contribution is -0.384. The Kier molecular flexibility index (Phi) is 4.63. The lowest BCUT2D eigenvalue weighted by Crippen LogP contribution is -2.28. The first-order chi connectivity index (χ1) is 7.99. The van der Waals surface area contributed by atoms with Crippen molar-refractivity contribution in [2.45, 2.75) is 20.3 Å². The summed E-state index contributed by atoms with van der Waals surface area (Å²) in [7, 11) is 0. The van der Waals surface area contributed by atoms with E-state index in [2.05, 4.69) is 5.32 Å². The van der Waals surface area contributed by atoms with Crippen molar-refractivity contribution in [3.8, 4) is 0 Å². The van der Waals surface area contributed by atoms with Gasteiger partial charge in [0.2, 0.25) is 5.91 Å². The van der Waals surface area contributed by atoms with Gasteiger partial charge in [-0.25, -0.2) is 0 Å². The van der Waals surface area contributed by atoms with E-state index in [-0.39, 0.29) is 18.0 Å². The fourth-order valence-corrected chi connectivity index (χ4v) is 1.30. The maximum Gasteiger partial charge on any atom is 0.269 e. The van der Waals surface area contributed by atoms with Crippen LogP contribution in [0.3, 0.4) is 0 Å².